The number of benzene rings is 3. The number of para-hydroxylation sites is 1. The van der Waals surface area contributed by atoms with E-state index in [0.717, 1.165) is 5.56 Å². The zero-order chi connectivity index (χ0) is 30.0. The molecule has 1 aliphatic heterocycles. The Balaban J connectivity index is 1.59. The highest BCUT2D eigenvalue weighted by Gasteiger charge is 2.35. The number of aromatic carboxylic acids is 1. The van der Waals surface area contributed by atoms with Crippen molar-refractivity contribution in [1.82, 2.24) is 4.57 Å². The molecule has 0 radical (unpaired) electrons. The molecule has 0 spiro atoms. The number of methoxy groups -OCH3 is 2. The lowest BCUT2D eigenvalue weighted by Gasteiger charge is -2.25. The number of carbonyl (C=O) groups is 2. The fourth-order valence-electron chi connectivity index (χ4n) is 4.68. The van der Waals surface area contributed by atoms with Gasteiger partial charge in [-0.2, -0.15) is 0 Å². The number of hydrogen-bond acceptors (Lipinski definition) is 8. The lowest BCUT2D eigenvalue weighted by molar-refractivity contribution is -0.136. The Labute approximate surface area is 249 Å². The summed E-state index contributed by atoms with van der Waals surface area (Å²) in [6, 6.07) is 17.8. The fraction of sp³-hybridized carbons (Fsp3) is 0.161. The number of carboxylic acids is 1. The maximum absolute atomic E-state index is 14.0. The molecule has 1 aromatic heterocycles. The lowest BCUT2D eigenvalue weighted by Crippen LogP contribution is -2.40. The number of ether oxygens (including phenoxy) is 3. The number of hydrogen-bond donors (Lipinski definition) is 1. The van der Waals surface area contributed by atoms with Gasteiger partial charge in [0.1, 0.15) is 24.1 Å². The third-order valence-electron chi connectivity index (χ3n) is 6.71. The maximum atomic E-state index is 14.0. The highest BCUT2D eigenvalue weighted by Crippen LogP contribution is 2.37. The van der Waals surface area contributed by atoms with E-state index in [9.17, 15) is 14.4 Å². The molecule has 0 bridgehead atoms. The monoisotopic (exact) mass is 604 g/mol. The van der Waals surface area contributed by atoms with E-state index in [0.29, 0.717) is 42.7 Å². The second-order valence-corrected chi connectivity index (χ2v) is 10.7. The average Bonchev–Trinajstić information content (AvgIpc) is 3.29. The van der Waals surface area contributed by atoms with E-state index in [4.69, 9.17) is 30.9 Å². The van der Waals surface area contributed by atoms with E-state index in [-0.39, 0.29) is 23.3 Å². The summed E-state index contributed by atoms with van der Waals surface area (Å²) in [5.41, 5.74) is 2.41. The summed E-state index contributed by atoms with van der Waals surface area (Å²) in [6.45, 7) is 1.89. The topological polar surface area (TPSA) is 116 Å². The van der Waals surface area contributed by atoms with Gasteiger partial charge in [-0.1, -0.05) is 53.3 Å². The Hall–Kier alpha value is -4.67. The number of aromatic nitrogens is 1. The zero-order valence-corrected chi connectivity index (χ0v) is 24.4. The van der Waals surface area contributed by atoms with Gasteiger partial charge in [0.25, 0.3) is 5.56 Å². The number of halogens is 1. The summed E-state index contributed by atoms with van der Waals surface area (Å²) < 4.78 is 18.5. The van der Waals surface area contributed by atoms with Crippen LogP contribution in [0.5, 0.6) is 11.5 Å². The number of thiazole rings is 1. The molecule has 1 N–H and O–H groups in total. The Bertz CT molecular complexity index is 1910. The number of esters is 1. The normalized spacial score (nSPS) is 14.7. The lowest BCUT2D eigenvalue weighted by atomic mass is 9.95. The van der Waals surface area contributed by atoms with Gasteiger partial charge in [-0.3, -0.25) is 9.36 Å². The summed E-state index contributed by atoms with van der Waals surface area (Å²) in [5.74, 6) is -0.637. The first-order valence-electron chi connectivity index (χ1n) is 12.7. The van der Waals surface area contributed by atoms with Crippen molar-refractivity contribution in [2.45, 2.75) is 19.6 Å². The molecule has 1 aliphatic rings. The van der Waals surface area contributed by atoms with Gasteiger partial charge < -0.3 is 19.3 Å². The number of carbonyl (C=O) groups excluding carboxylic acids is 1. The van der Waals surface area contributed by atoms with Crippen LogP contribution in [0.3, 0.4) is 0 Å². The van der Waals surface area contributed by atoms with Crippen LogP contribution in [-0.2, 0) is 16.1 Å². The van der Waals surface area contributed by atoms with Crippen LogP contribution in [0, 0.1) is 0 Å². The maximum Gasteiger partial charge on any atom is 0.338 e. The minimum absolute atomic E-state index is 0.189. The Morgan fingerprint density at radius 3 is 2.50 bits per heavy atom. The highest BCUT2D eigenvalue weighted by atomic mass is 35.5. The molecule has 0 amide bonds. The fourth-order valence-corrected chi connectivity index (χ4v) is 5.90. The van der Waals surface area contributed by atoms with Crippen LogP contribution in [0.25, 0.3) is 6.08 Å². The molecule has 0 saturated heterocycles. The molecule has 9 nitrogen and oxygen atoms in total. The predicted molar refractivity (Wildman–Crippen MR) is 158 cm³/mol. The largest absolute Gasteiger partial charge is 0.496 e. The number of rotatable bonds is 8. The number of fused-ring (bicyclic) bond motifs is 1. The molecule has 1 atom stereocenters. The first-order chi connectivity index (χ1) is 20.2. The van der Waals surface area contributed by atoms with Crippen LogP contribution >= 0.6 is 22.9 Å². The van der Waals surface area contributed by atoms with E-state index < -0.39 is 18.0 Å². The molecule has 2 heterocycles. The van der Waals surface area contributed by atoms with Gasteiger partial charge in [-0.05, 0) is 55.0 Å². The highest BCUT2D eigenvalue weighted by molar-refractivity contribution is 7.07. The molecular weight excluding hydrogens is 580 g/mol. The summed E-state index contributed by atoms with van der Waals surface area (Å²) in [5, 5.41) is 9.54. The molecular formula is C31H25ClN2O7S. The summed E-state index contributed by atoms with van der Waals surface area (Å²) >= 11 is 7.52. The molecule has 0 aliphatic carbocycles. The van der Waals surface area contributed by atoms with Gasteiger partial charge in [0, 0.05) is 16.1 Å². The van der Waals surface area contributed by atoms with Gasteiger partial charge >= 0.3 is 11.9 Å². The number of nitrogens with zero attached hydrogens (tertiary/aromatic N) is 2. The van der Waals surface area contributed by atoms with Crippen molar-refractivity contribution >= 4 is 41.0 Å². The second kappa shape index (κ2) is 12.1. The Kier molecular flexibility index (Phi) is 8.28. The molecule has 0 fully saturated rings. The first-order valence-corrected chi connectivity index (χ1v) is 13.9. The van der Waals surface area contributed by atoms with Gasteiger partial charge in [-0.25, -0.2) is 14.6 Å². The first kappa shape index (κ1) is 28.8. The third kappa shape index (κ3) is 5.59. The van der Waals surface area contributed by atoms with Crippen molar-refractivity contribution in [2.75, 3.05) is 14.2 Å². The molecule has 0 unspecified atom stereocenters. The molecule has 42 heavy (non-hydrogen) atoms. The van der Waals surface area contributed by atoms with Crippen LogP contribution in [0.15, 0.2) is 87.8 Å². The van der Waals surface area contributed by atoms with E-state index >= 15 is 0 Å². The van der Waals surface area contributed by atoms with Crippen molar-refractivity contribution in [2.24, 2.45) is 4.99 Å². The van der Waals surface area contributed by atoms with Crippen LogP contribution in [0.1, 0.15) is 40.0 Å². The second-order valence-electron chi connectivity index (χ2n) is 9.29. The smallest absolute Gasteiger partial charge is 0.338 e. The number of carboxylic acid groups (broad SMARTS) is 1. The van der Waals surface area contributed by atoms with E-state index in [1.807, 2.05) is 18.2 Å². The molecule has 4 aromatic rings. The van der Waals surface area contributed by atoms with Gasteiger partial charge in [-0.15, -0.1) is 0 Å². The molecule has 0 saturated carbocycles. The SMILES string of the molecule is COC(=O)C1=C(C)N=c2s/c(=C\c3ccccc3OCc3ccc(C(=O)O)cc3)c(=O)n2[C@H]1c1cc(Cl)ccc1OC. The standard InChI is InChI=1S/C31H25ClN2O7S/c1-17-26(30(38)40-3)27(22-15-21(32)12-13-24(22)39-2)34-28(35)25(42-31(34)33-17)14-20-6-4-5-7-23(20)41-16-18-8-10-19(11-9-18)29(36)37/h4-15,27H,16H2,1-3H3,(H,36,37)/b25-14-/t27-/m0/s1. The van der Waals surface area contributed by atoms with E-state index in [2.05, 4.69) is 4.99 Å². The average molecular weight is 605 g/mol. The van der Waals surface area contributed by atoms with Crippen LogP contribution in [-0.4, -0.2) is 35.8 Å². The number of allylic oxidation sites excluding steroid dienone is 1. The third-order valence-corrected chi connectivity index (χ3v) is 7.93. The quantitative estimate of drug-likeness (QED) is 0.297. The summed E-state index contributed by atoms with van der Waals surface area (Å²) in [4.78, 5) is 43.1. The van der Waals surface area contributed by atoms with E-state index in [1.54, 1.807) is 49.4 Å². The van der Waals surface area contributed by atoms with Gasteiger partial charge in [0.05, 0.1) is 35.6 Å². The van der Waals surface area contributed by atoms with Crippen molar-refractivity contribution < 1.29 is 28.9 Å². The predicted octanol–water partition coefficient (Wildman–Crippen LogP) is 4.35. The molecule has 11 heteroatoms. The van der Waals surface area contributed by atoms with Crippen molar-refractivity contribution in [3.8, 4) is 11.5 Å². The van der Waals surface area contributed by atoms with Crippen molar-refractivity contribution in [1.29, 1.82) is 0 Å². The minimum Gasteiger partial charge on any atom is -0.496 e. The van der Waals surface area contributed by atoms with Crippen LogP contribution < -0.4 is 24.4 Å². The van der Waals surface area contributed by atoms with Gasteiger partial charge in [0.15, 0.2) is 4.80 Å². The van der Waals surface area contributed by atoms with Gasteiger partial charge in [0.2, 0.25) is 0 Å². The minimum atomic E-state index is -1.00. The molecule has 3 aromatic carbocycles. The van der Waals surface area contributed by atoms with Crippen LogP contribution in [0.2, 0.25) is 5.02 Å². The van der Waals surface area contributed by atoms with E-state index in [1.165, 1.54) is 42.3 Å². The zero-order valence-electron chi connectivity index (χ0n) is 22.8. The van der Waals surface area contributed by atoms with Crippen molar-refractivity contribution in [3.63, 3.8) is 0 Å². The summed E-state index contributed by atoms with van der Waals surface area (Å²) in [7, 11) is 2.78. The molecule has 214 valence electrons. The van der Waals surface area contributed by atoms with Crippen molar-refractivity contribution in [3.05, 3.63) is 125 Å². The molecule has 5 rings (SSSR count). The van der Waals surface area contributed by atoms with Crippen LogP contribution in [0.4, 0.5) is 0 Å². The Morgan fingerprint density at radius 2 is 1.81 bits per heavy atom. The Morgan fingerprint density at radius 1 is 1.07 bits per heavy atom. The summed E-state index contributed by atoms with van der Waals surface area (Å²) in [6.07, 6.45) is 1.72.